The molecule has 1 aliphatic heterocycles. The fraction of sp³-hybridized carbons (Fsp3) is 0.316. The van der Waals surface area contributed by atoms with E-state index in [4.69, 9.17) is 4.74 Å². The van der Waals surface area contributed by atoms with E-state index in [0.29, 0.717) is 16.9 Å². The van der Waals surface area contributed by atoms with Gasteiger partial charge in [0.25, 0.3) is 5.91 Å². The summed E-state index contributed by atoms with van der Waals surface area (Å²) in [6.45, 7) is 2.99. The maximum atomic E-state index is 12.3. The normalized spacial score (nSPS) is 16.1. The van der Waals surface area contributed by atoms with Gasteiger partial charge < -0.3 is 20.7 Å². The molecule has 0 spiro atoms. The maximum Gasteiger partial charge on any atom is 0.257 e. The first-order valence-electron chi connectivity index (χ1n) is 8.61. The van der Waals surface area contributed by atoms with Crippen LogP contribution in [0.5, 0.6) is 0 Å². The van der Waals surface area contributed by atoms with Gasteiger partial charge in [-0.05, 0) is 49.2 Å². The molecule has 3 rings (SSSR count). The lowest BCUT2D eigenvalue weighted by molar-refractivity contribution is -0.114. The number of aromatic nitrogens is 1. The highest BCUT2D eigenvalue weighted by molar-refractivity contribution is 6.04. The standard InChI is InChI=1S/C19H22N4O3/c1-13(24)22-15-5-7-16(8-6-15)23-19(25)14-4-9-18(20-11-14)21-12-17-3-2-10-26-17/h4-9,11,17H,2-3,10,12H2,1H3,(H,20,21)(H,22,24)(H,23,25). The van der Waals surface area contributed by atoms with E-state index >= 15 is 0 Å². The molecule has 2 heterocycles. The third kappa shape index (κ3) is 5.03. The van der Waals surface area contributed by atoms with Crippen molar-refractivity contribution in [2.24, 2.45) is 0 Å². The van der Waals surface area contributed by atoms with Gasteiger partial charge in [-0.15, -0.1) is 0 Å². The molecule has 26 heavy (non-hydrogen) atoms. The van der Waals surface area contributed by atoms with Gasteiger partial charge in [0.2, 0.25) is 5.91 Å². The van der Waals surface area contributed by atoms with Crippen LogP contribution < -0.4 is 16.0 Å². The van der Waals surface area contributed by atoms with Gasteiger partial charge >= 0.3 is 0 Å². The Morgan fingerprint density at radius 1 is 1.12 bits per heavy atom. The van der Waals surface area contributed by atoms with Gasteiger partial charge in [-0.1, -0.05) is 0 Å². The third-order valence-electron chi connectivity index (χ3n) is 4.02. The van der Waals surface area contributed by atoms with E-state index in [-0.39, 0.29) is 17.9 Å². The predicted octanol–water partition coefficient (Wildman–Crippen LogP) is 2.88. The van der Waals surface area contributed by atoms with Crippen LogP contribution in [0.3, 0.4) is 0 Å². The van der Waals surface area contributed by atoms with Crippen LogP contribution in [-0.2, 0) is 9.53 Å². The Balaban J connectivity index is 1.53. The van der Waals surface area contributed by atoms with Crippen LogP contribution in [0, 0.1) is 0 Å². The SMILES string of the molecule is CC(=O)Nc1ccc(NC(=O)c2ccc(NCC3CCCO3)nc2)cc1. The monoisotopic (exact) mass is 354 g/mol. The number of pyridine rings is 1. The van der Waals surface area contributed by atoms with Crippen molar-refractivity contribution < 1.29 is 14.3 Å². The number of amides is 2. The zero-order valence-corrected chi connectivity index (χ0v) is 14.6. The van der Waals surface area contributed by atoms with Crippen molar-refractivity contribution in [2.45, 2.75) is 25.9 Å². The fourth-order valence-electron chi connectivity index (χ4n) is 2.70. The Hall–Kier alpha value is -2.93. The summed E-state index contributed by atoms with van der Waals surface area (Å²) in [5.41, 5.74) is 1.79. The molecule has 1 unspecified atom stereocenters. The lowest BCUT2D eigenvalue weighted by Crippen LogP contribution is -2.19. The largest absolute Gasteiger partial charge is 0.376 e. The zero-order valence-electron chi connectivity index (χ0n) is 14.6. The summed E-state index contributed by atoms with van der Waals surface area (Å²) in [5, 5.41) is 8.70. The molecule has 0 saturated carbocycles. The van der Waals surface area contributed by atoms with Crippen LogP contribution in [0.4, 0.5) is 17.2 Å². The predicted molar refractivity (Wildman–Crippen MR) is 100 cm³/mol. The van der Waals surface area contributed by atoms with Gasteiger partial charge in [0.1, 0.15) is 5.82 Å². The van der Waals surface area contributed by atoms with Crippen molar-refractivity contribution in [1.82, 2.24) is 4.98 Å². The fourth-order valence-corrected chi connectivity index (χ4v) is 2.70. The Labute approximate surface area is 152 Å². The second-order valence-corrected chi connectivity index (χ2v) is 6.16. The van der Waals surface area contributed by atoms with Crippen LogP contribution in [0.15, 0.2) is 42.6 Å². The summed E-state index contributed by atoms with van der Waals surface area (Å²) in [5.74, 6) is 0.341. The molecule has 1 atom stereocenters. The van der Waals surface area contributed by atoms with Gasteiger partial charge in [0, 0.05) is 37.6 Å². The number of carbonyl (C=O) groups excluding carboxylic acids is 2. The molecule has 0 aliphatic carbocycles. The Morgan fingerprint density at radius 3 is 2.42 bits per heavy atom. The van der Waals surface area contributed by atoms with Gasteiger partial charge in [-0.3, -0.25) is 9.59 Å². The van der Waals surface area contributed by atoms with Gasteiger partial charge in [-0.2, -0.15) is 0 Å². The molecule has 1 fully saturated rings. The number of hydrogen-bond donors (Lipinski definition) is 3. The maximum absolute atomic E-state index is 12.3. The zero-order chi connectivity index (χ0) is 18.4. The number of hydrogen-bond acceptors (Lipinski definition) is 5. The molecule has 1 saturated heterocycles. The first-order chi connectivity index (χ1) is 12.6. The number of ether oxygens (including phenoxy) is 1. The van der Waals surface area contributed by atoms with Gasteiger partial charge in [0.15, 0.2) is 0 Å². The highest BCUT2D eigenvalue weighted by atomic mass is 16.5. The molecule has 7 heteroatoms. The molecule has 0 bridgehead atoms. The molecule has 0 radical (unpaired) electrons. The van der Waals surface area contributed by atoms with Crippen LogP contribution >= 0.6 is 0 Å². The summed E-state index contributed by atoms with van der Waals surface area (Å²) < 4.78 is 5.56. The number of carbonyl (C=O) groups is 2. The van der Waals surface area contributed by atoms with Gasteiger partial charge in [0.05, 0.1) is 11.7 Å². The number of anilines is 3. The van der Waals surface area contributed by atoms with Crippen molar-refractivity contribution in [1.29, 1.82) is 0 Å². The smallest absolute Gasteiger partial charge is 0.257 e. The Bertz CT molecular complexity index is 753. The van der Waals surface area contributed by atoms with Crippen molar-refractivity contribution in [3.8, 4) is 0 Å². The van der Waals surface area contributed by atoms with Crippen LogP contribution in [0.25, 0.3) is 0 Å². The molecule has 1 aromatic carbocycles. The second-order valence-electron chi connectivity index (χ2n) is 6.16. The summed E-state index contributed by atoms with van der Waals surface area (Å²) >= 11 is 0. The van der Waals surface area contributed by atoms with Crippen LogP contribution in [0.1, 0.15) is 30.1 Å². The number of nitrogens with one attached hydrogen (secondary N) is 3. The molecule has 7 nitrogen and oxygen atoms in total. The van der Waals surface area contributed by atoms with E-state index in [1.165, 1.54) is 6.92 Å². The Kier molecular flexibility index (Phi) is 5.80. The molecule has 136 valence electrons. The highest BCUT2D eigenvalue weighted by Gasteiger charge is 2.15. The van der Waals surface area contributed by atoms with Crippen molar-refractivity contribution in [2.75, 3.05) is 29.1 Å². The molecule has 1 aromatic heterocycles. The minimum absolute atomic E-state index is 0.138. The summed E-state index contributed by atoms with van der Waals surface area (Å²) in [7, 11) is 0. The van der Waals surface area contributed by atoms with Crippen molar-refractivity contribution >= 4 is 29.0 Å². The topological polar surface area (TPSA) is 92.4 Å². The number of rotatable bonds is 6. The quantitative estimate of drug-likeness (QED) is 0.742. The first kappa shape index (κ1) is 17.9. The highest BCUT2D eigenvalue weighted by Crippen LogP contribution is 2.16. The molecular weight excluding hydrogens is 332 g/mol. The first-order valence-corrected chi connectivity index (χ1v) is 8.61. The number of nitrogens with zero attached hydrogens (tertiary/aromatic N) is 1. The average molecular weight is 354 g/mol. The Morgan fingerprint density at radius 2 is 1.85 bits per heavy atom. The molecule has 1 aliphatic rings. The third-order valence-corrected chi connectivity index (χ3v) is 4.02. The minimum Gasteiger partial charge on any atom is -0.376 e. The van der Waals surface area contributed by atoms with E-state index in [1.807, 2.05) is 0 Å². The molecule has 2 aromatic rings. The lowest BCUT2D eigenvalue weighted by atomic mass is 10.2. The van der Waals surface area contributed by atoms with Gasteiger partial charge in [-0.25, -0.2) is 4.98 Å². The van der Waals surface area contributed by atoms with E-state index in [9.17, 15) is 9.59 Å². The van der Waals surface area contributed by atoms with Crippen LogP contribution in [-0.4, -0.2) is 36.1 Å². The molecule has 3 N–H and O–H groups in total. The molecule has 2 amide bonds. The van der Waals surface area contributed by atoms with Crippen LogP contribution in [0.2, 0.25) is 0 Å². The van der Waals surface area contributed by atoms with E-state index in [0.717, 1.165) is 31.8 Å². The minimum atomic E-state index is -0.240. The second kappa shape index (κ2) is 8.44. The summed E-state index contributed by atoms with van der Waals surface area (Å²) in [6.07, 6.45) is 3.94. The number of benzene rings is 1. The van der Waals surface area contributed by atoms with E-state index in [2.05, 4.69) is 20.9 Å². The van der Waals surface area contributed by atoms with Crippen molar-refractivity contribution in [3.63, 3.8) is 0 Å². The summed E-state index contributed by atoms with van der Waals surface area (Å²) in [6, 6.07) is 10.4. The van der Waals surface area contributed by atoms with E-state index < -0.39 is 0 Å². The van der Waals surface area contributed by atoms with E-state index in [1.54, 1.807) is 42.6 Å². The lowest BCUT2D eigenvalue weighted by Gasteiger charge is -2.11. The average Bonchev–Trinajstić information content (AvgIpc) is 3.15. The summed E-state index contributed by atoms with van der Waals surface area (Å²) in [4.78, 5) is 27.6. The molecular formula is C19H22N4O3. The van der Waals surface area contributed by atoms with Crippen molar-refractivity contribution in [3.05, 3.63) is 48.2 Å².